The van der Waals surface area contributed by atoms with E-state index in [9.17, 15) is 5.11 Å². The molecule has 2 N–H and O–H groups in total. The van der Waals surface area contributed by atoms with Gasteiger partial charge in [0.05, 0.1) is 5.51 Å². The zero-order valence-electron chi connectivity index (χ0n) is 9.55. The molecule has 0 amide bonds. The van der Waals surface area contributed by atoms with Crippen molar-refractivity contribution in [3.05, 3.63) is 34.3 Å². The number of ether oxygens (including phenoxy) is 2. The van der Waals surface area contributed by atoms with E-state index in [0.717, 1.165) is 17.0 Å². The van der Waals surface area contributed by atoms with Gasteiger partial charge in [0.1, 0.15) is 5.75 Å². The number of nitrogens with zero attached hydrogens (tertiary/aromatic N) is 1. The number of phenols is 1. The summed E-state index contributed by atoms with van der Waals surface area (Å²) in [5, 5.41) is 13.1. The van der Waals surface area contributed by atoms with Gasteiger partial charge in [0, 0.05) is 35.8 Å². The second-order valence-corrected chi connectivity index (χ2v) is 4.88. The first-order valence-corrected chi connectivity index (χ1v) is 6.40. The van der Waals surface area contributed by atoms with Crippen LogP contribution in [0.15, 0.2) is 23.8 Å². The molecule has 0 unspecified atom stereocenters. The predicted molar refractivity (Wildman–Crippen MR) is 66.9 cm³/mol. The number of phenolic OH excluding ortho intramolecular Hbond substituents is 1. The number of thiazole rings is 1. The van der Waals surface area contributed by atoms with Gasteiger partial charge in [0.15, 0.2) is 11.5 Å². The Morgan fingerprint density at radius 2 is 2.11 bits per heavy atom. The third-order valence-corrected chi connectivity index (χ3v) is 3.45. The zero-order chi connectivity index (χ0) is 12.4. The molecule has 0 radical (unpaired) electrons. The van der Waals surface area contributed by atoms with Gasteiger partial charge < -0.3 is 19.9 Å². The molecule has 1 aromatic carbocycles. The third-order valence-electron chi connectivity index (χ3n) is 2.67. The van der Waals surface area contributed by atoms with Crippen molar-refractivity contribution in [2.45, 2.75) is 13.1 Å². The molecular formula is C12H12N2O3S. The molecule has 0 bridgehead atoms. The second kappa shape index (κ2) is 4.83. The number of hydrogen-bond donors (Lipinski definition) is 2. The van der Waals surface area contributed by atoms with Gasteiger partial charge in [-0.25, -0.2) is 0 Å². The quantitative estimate of drug-likeness (QED) is 0.882. The van der Waals surface area contributed by atoms with Crippen LogP contribution in [0.2, 0.25) is 0 Å². The van der Waals surface area contributed by atoms with E-state index < -0.39 is 0 Å². The number of hydrogen-bond acceptors (Lipinski definition) is 6. The van der Waals surface area contributed by atoms with Crippen molar-refractivity contribution in [2.75, 3.05) is 6.79 Å². The number of nitrogens with one attached hydrogen (secondary N) is 1. The summed E-state index contributed by atoms with van der Waals surface area (Å²) in [5.41, 5.74) is 2.60. The molecule has 0 saturated heterocycles. The van der Waals surface area contributed by atoms with Crippen LogP contribution in [0.25, 0.3) is 0 Å². The maximum absolute atomic E-state index is 9.85. The van der Waals surface area contributed by atoms with E-state index >= 15 is 0 Å². The Morgan fingerprint density at radius 1 is 1.28 bits per heavy atom. The van der Waals surface area contributed by atoms with Gasteiger partial charge in [-0.2, -0.15) is 0 Å². The minimum absolute atomic E-state index is 0.215. The van der Waals surface area contributed by atoms with Crippen molar-refractivity contribution in [2.24, 2.45) is 0 Å². The molecular weight excluding hydrogens is 252 g/mol. The highest BCUT2D eigenvalue weighted by Crippen LogP contribution is 2.37. The molecule has 0 saturated carbocycles. The Bertz CT molecular complexity index is 543. The summed E-state index contributed by atoms with van der Waals surface area (Å²) in [6.07, 6.45) is 1.83. The lowest BCUT2D eigenvalue weighted by atomic mass is 10.1. The molecule has 1 aliphatic heterocycles. The molecule has 0 fully saturated rings. The third kappa shape index (κ3) is 2.25. The molecule has 0 aliphatic carbocycles. The van der Waals surface area contributed by atoms with E-state index in [-0.39, 0.29) is 12.5 Å². The summed E-state index contributed by atoms with van der Waals surface area (Å²) in [5.74, 6) is 1.50. The van der Waals surface area contributed by atoms with Gasteiger partial charge in [-0.15, -0.1) is 11.3 Å². The minimum atomic E-state index is 0.215. The monoisotopic (exact) mass is 264 g/mol. The zero-order valence-corrected chi connectivity index (χ0v) is 10.4. The Hall–Kier alpha value is -1.79. The van der Waals surface area contributed by atoms with Crippen LogP contribution in [-0.2, 0) is 13.1 Å². The van der Waals surface area contributed by atoms with Crippen LogP contribution in [0.1, 0.15) is 10.4 Å². The topological polar surface area (TPSA) is 63.6 Å². The van der Waals surface area contributed by atoms with E-state index in [1.54, 1.807) is 29.0 Å². The summed E-state index contributed by atoms with van der Waals surface area (Å²) < 4.78 is 10.5. The van der Waals surface area contributed by atoms with Gasteiger partial charge in [0.25, 0.3) is 0 Å². The summed E-state index contributed by atoms with van der Waals surface area (Å²) in [4.78, 5) is 5.17. The van der Waals surface area contributed by atoms with E-state index in [2.05, 4.69) is 10.3 Å². The summed E-state index contributed by atoms with van der Waals surface area (Å²) in [6, 6.07) is 3.39. The molecule has 18 heavy (non-hydrogen) atoms. The van der Waals surface area contributed by atoms with Gasteiger partial charge in [-0.1, -0.05) is 0 Å². The van der Waals surface area contributed by atoms with Crippen molar-refractivity contribution < 1.29 is 14.6 Å². The van der Waals surface area contributed by atoms with E-state index in [4.69, 9.17) is 9.47 Å². The van der Waals surface area contributed by atoms with Crippen LogP contribution in [-0.4, -0.2) is 16.9 Å². The number of rotatable bonds is 4. The molecule has 0 atom stereocenters. The SMILES string of the molecule is Oc1cc2c(cc1CNCc1cncs1)OCO2. The van der Waals surface area contributed by atoms with E-state index in [1.165, 1.54) is 0 Å². The lowest BCUT2D eigenvalue weighted by molar-refractivity contribution is 0.174. The lowest BCUT2D eigenvalue weighted by Gasteiger charge is -2.07. The van der Waals surface area contributed by atoms with Crippen LogP contribution in [0.4, 0.5) is 0 Å². The van der Waals surface area contributed by atoms with Crippen LogP contribution >= 0.6 is 11.3 Å². The number of benzene rings is 1. The van der Waals surface area contributed by atoms with Gasteiger partial charge >= 0.3 is 0 Å². The van der Waals surface area contributed by atoms with Crippen molar-refractivity contribution >= 4 is 11.3 Å². The fourth-order valence-electron chi connectivity index (χ4n) is 1.76. The second-order valence-electron chi connectivity index (χ2n) is 3.91. The standard InChI is InChI=1S/C12H12N2O3S/c15-10-2-12-11(16-7-17-12)1-8(10)3-13-4-9-5-14-6-18-9/h1-2,5-6,13,15H,3-4,7H2. The Labute approximate surface area is 108 Å². The van der Waals surface area contributed by atoms with Crippen molar-refractivity contribution in [1.29, 1.82) is 0 Å². The first kappa shape index (κ1) is 11.3. The van der Waals surface area contributed by atoms with Crippen LogP contribution in [0, 0.1) is 0 Å². The predicted octanol–water partition coefficient (Wildman–Crippen LogP) is 1.87. The van der Waals surface area contributed by atoms with Crippen LogP contribution in [0.5, 0.6) is 17.2 Å². The smallest absolute Gasteiger partial charge is 0.231 e. The van der Waals surface area contributed by atoms with Crippen molar-refractivity contribution in [3.8, 4) is 17.2 Å². The number of aromatic hydroxyl groups is 1. The van der Waals surface area contributed by atoms with E-state index in [0.29, 0.717) is 18.0 Å². The number of fused-ring (bicyclic) bond motifs is 1. The molecule has 1 aromatic heterocycles. The average molecular weight is 264 g/mol. The maximum Gasteiger partial charge on any atom is 0.231 e. The normalized spacial score (nSPS) is 12.9. The van der Waals surface area contributed by atoms with Gasteiger partial charge in [0.2, 0.25) is 6.79 Å². The lowest BCUT2D eigenvalue weighted by Crippen LogP contribution is -2.11. The highest BCUT2D eigenvalue weighted by Gasteiger charge is 2.16. The minimum Gasteiger partial charge on any atom is -0.507 e. The Morgan fingerprint density at radius 3 is 2.89 bits per heavy atom. The van der Waals surface area contributed by atoms with Gasteiger partial charge in [-0.05, 0) is 6.07 Å². The van der Waals surface area contributed by atoms with Crippen molar-refractivity contribution in [1.82, 2.24) is 10.3 Å². The molecule has 2 aromatic rings. The van der Waals surface area contributed by atoms with Crippen LogP contribution < -0.4 is 14.8 Å². The van der Waals surface area contributed by atoms with E-state index in [1.807, 2.05) is 6.20 Å². The van der Waals surface area contributed by atoms with Crippen molar-refractivity contribution in [3.63, 3.8) is 0 Å². The Balaban J connectivity index is 1.66. The fourth-order valence-corrected chi connectivity index (χ4v) is 2.33. The molecule has 1 aliphatic rings. The molecule has 6 heteroatoms. The molecule has 3 rings (SSSR count). The summed E-state index contributed by atoms with van der Waals surface area (Å²) >= 11 is 1.60. The highest BCUT2D eigenvalue weighted by atomic mass is 32.1. The number of aromatic nitrogens is 1. The summed E-state index contributed by atoms with van der Waals surface area (Å²) in [7, 11) is 0. The average Bonchev–Trinajstić information content (AvgIpc) is 3.00. The fraction of sp³-hybridized carbons (Fsp3) is 0.250. The van der Waals surface area contributed by atoms with Gasteiger partial charge in [-0.3, -0.25) is 4.98 Å². The highest BCUT2D eigenvalue weighted by molar-refractivity contribution is 7.09. The Kier molecular flexibility index (Phi) is 3.04. The molecule has 0 spiro atoms. The molecule has 94 valence electrons. The largest absolute Gasteiger partial charge is 0.507 e. The molecule has 2 heterocycles. The first-order valence-electron chi connectivity index (χ1n) is 5.52. The first-order chi connectivity index (χ1) is 8.83. The summed E-state index contributed by atoms with van der Waals surface area (Å²) in [6.45, 7) is 1.52. The molecule has 5 nitrogen and oxygen atoms in total. The maximum atomic E-state index is 9.85. The van der Waals surface area contributed by atoms with Crippen LogP contribution in [0.3, 0.4) is 0 Å².